The highest BCUT2D eigenvalue weighted by Gasteiger charge is 2.35. The molecule has 8 heteroatoms. The summed E-state index contributed by atoms with van der Waals surface area (Å²) < 4.78 is 42.0. The molecule has 1 N–H and O–H groups in total. The van der Waals surface area contributed by atoms with Gasteiger partial charge in [-0.3, -0.25) is 4.79 Å². The van der Waals surface area contributed by atoms with Gasteiger partial charge in [0.2, 0.25) is 5.91 Å². The van der Waals surface area contributed by atoms with E-state index in [0.717, 1.165) is 16.3 Å². The van der Waals surface area contributed by atoms with Crippen LogP contribution in [0.3, 0.4) is 0 Å². The molecule has 1 fully saturated rings. The first-order valence-corrected chi connectivity index (χ1v) is 10.7. The Bertz CT molecular complexity index is 932. The van der Waals surface area contributed by atoms with Crippen LogP contribution in [0.1, 0.15) is 24.5 Å². The average molecular weight is 405 g/mol. The maximum absolute atomic E-state index is 13.9. The van der Waals surface area contributed by atoms with E-state index >= 15 is 0 Å². The van der Waals surface area contributed by atoms with Gasteiger partial charge in [0.25, 0.3) is 10.2 Å². The number of benzene rings is 2. The van der Waals surface area contributed by atoms with E-state index in [4.69, 9.17) is 0 Å². The average Bonchev–Trinajstić information content (AvgIpc) is 2.67. The first-order chi connectivity index (χ1) is 13.4. The van der Waals surface area contributed by atoms with Gasteiger partial charge in [0, 0.05) is 30.9 Å². The van der Waals surface area contributed by atoms with Crippen LogP contribution in [0, 0.1) is 5.82 Å². The van der Waals surface area contributed by atoms with Gasteiger partial charge in [-0.1, -0.05) is 37.3 Å². The van der Waals surface area contributed by atoms with Crippen LogP contribution in [-0.2, 0) is 28.0 Å². The summed E-state index contributed by atoms with van der Waals surface area (Å²) >= 11 is 0. The predicted octanol–water partition coefficient (Wildman–Crippen LogP) is 2.78. The monoisotopic (exact) mass is 405 g/mol. The summed E-state index contributed by atoms with van der Waals surface area (Å²) in [5.74, 6) is -0.844. The molecule has 0 aromatic heterocycles. The van der Waals surface area contributed by atoms with Crippen molar-refractivity contribution in [2.45, 2.75) is 26.3 Å². The van der Waals surface area contributed by atoms with Crippen molar-refractivity contribution in [3.05, 3.63) is 65.5 Å². The van der Waals surface area contributed by atoms with Gasteiger partial charge in [-0.25, -0.2) is 4.39 Å². The van der Waals surface area contributed by atoms with E-state index in [1.165, 1.54) is 10.4 Å². The zero-order valence-corrected chi connectivity index (χ0v) is 16.6. The molecular formula is C20H24FN3O3S. The van der Waals surface area contributed by atoms with E-state index in [2.05, 4.69) is 5.32 Å². The third-order valence-corrected chi connectivity index (χ3v) is 6.67. The van der Waals surface area contributed by atoms with Crippen LogP contribution in [0.2, 0.25) is 0 Å². The van der Waals surface area contributed by atoms with Crippen LogP contribution in [0.15, 0.2) is 48.5 Å². The summed E-state index contributed by atoms with van der Waals surface area (Å²) in [6.07, 6.45) is 1.48. The molecule has 0 atom stereocenters. The molecule has 2 aromatic rings. The van der Waals surface area contributed by atoms with Crippen LogP contribution in [0.25, 0.3) is 0 Å². The normalized spacial score (nSPS) is 17.4. The molecule has 3 rings (SSSR count). The molecule has 0 spiro atoms. The molecule has 150 valence electrons. The van der Waals surface area contributed by atoms with Gasteiger partial charge in [-0.05, 0) is 36.6 Å². The fraction of sp³-hybridized carbons (Fsp3) is 0.350. The third-order valence-electron chi connectivity index (χ3n) is 4.74. The van der Waals surface area contributed by atoms with Crippen molar-refractivity contribution in [2.24, 2.45) is 0 Å². The van der Waals surface area contributed by atoms with Crippen molar-refractivity contribution >= 4 is 21.8 Å². The van der Waals surface area contributed by atoms with E-state index in [1.54, 1.807) is 30.3 Å². The second-order valence-corrected chi connectivity index (χ2v) is 8.65. The molecular weight excluding hydrogens is 381 g/mol. The molecule has 0 saturated carbocycles. The Morgan fingerprint density at radius 2 is 1.75 bits per heavy atom. The van der Waals surface area contributed by atoms with E-state index in [9.17, 15) is 17.6 Å². The Kier molecular flexibility index (Phi) is 6.43. The summed E-state index contributed by atoms with van der Waals surface area (Å²) in [5, 5.41) is 2.73. The smallest absolute Gasteiger partial charge is 0.282 e. The van der Waals surface area contributed by atoms with Crippen molar-refractivity contribution < 1.29 is 17.6 Å². The second kappa shape index (κ2) is 8.81. The van der Waals surface area contributed by atoms with Gasteiger partial charge in [-0.2, -0.15) is 17.0 Å². The van der Waals surface area contributed by atoms with Gasteiger partial charge in [-0.15, -0.1) is 0 Å². The summed E-state index contributed by atoms with van der Waals surface area (Å²) in [4.78, 5) is 12.3. The lowest BCUT2D eigenvalue weighted by atomic mass is 10.1. The molecule has 2 aromatic carbocycles. The zero-order chi connectivity index (χ0) is 20.1. The standard InChI is InChI=1S/C20H24FN3O3S/c1-2-16-8-10-18(11-9-16)22-20(25)15-24-13-5-12-23(28(24,26)27)14-17-6-3-4-7-19(17)21/h3-4,6-11H,2,5,12-15H2,1H3,(H,22,25). The number of halogens is 1. The zero-order valence-electron chi connectivity index (χ0n) is 15.8. The van der Waals surface area contributed by atoms with Crippen LogP contribution in [-0.4, -0.2) is 42.6 Å². The Balaban J connectivity index is 1.66. The lowest BCUT2D eigenvalue weighted by Gasteiger charge is -2.34. The van der Waals surface area contributed by atoms with E-state index in [1.807, 2.05) is 19.1 Å². The lowest BCUT2D eigenvalue weighted by molar-refractivity contribution is -0.116. The van der Waals surface area contributed by atoms with E-state index < -0.39 is 21.9 Å². The molecule has 28 heavy (non-hydrogen) atoms. The molecule has 0 unspecified atom stereocenters. The van der Waals surface area contributed by atoms with Gasteiger partial charge < -0.3 is 5.32 Å². The van der Waals surface area contributed by atoms with Gasteiger partial charge in [0.05, 0.1) is 6.54 Å². The van der Waals surface area contributed by atoms with Crippen LogP contribution in [0.4, 0.5) is 10.1 Å². The minimum absolute atomic E-state index is 0.0500. The number of aryl methyl sites for hydroxylation is 1. The Hall–Kier alpha value is -2.29. The molecule has 1 aliphatic heterocycles. The number of rotatable bonds is 6. The highest BCUT2D eigenvalue weighted by molar-refractivity contribution is 7.86. The van der Waals surface area contributed by atoms with Crippen LogP contribution in [0.5, 0.6) is 0 Å². The minimum Gasteiger partial charge on any atom is -0.325 e. The summed E-state index contributed by atoms with van der Waals surface area (Å²) in [7, 11) is -3.84. The first kappa shape index (κ1) is 20.4. The molecule has 0 aliphatic carbocycles. The summed E-state index contributed by atoms with van der Waals surface area (Å²) in [6, 6.07) is 13.5. The topological polar surface area (TPSA) is 69.7 Å². The third kappa shape index (κ3) is 4.76. The number of carbonyl (C=O) groups is 1. The van der Waals surface area contributed by atoms with Crippen molar-refractivity contribution in [1.82, 2.24) is 8.61 Å². The summed E-state index contributed by atoms with van der Waals surface area (Å²) in [5.41, 5.74) is 2.09. The van der Waals surface area contributed by atoms with Crippen LogP contribution < -0.4 is 5.32 Å². The SMILES string of the molecule is CCc1ccc(NC(=O)CN2CCCN(Cc3ccccc3F)S2(=O)=O)cc1. The Morgan fingerprint density at radius 3 is 2.43 bits per heavy atom. The quantitative estimate of drug-likeness (QED) is 0.804. The molecule has 1 heterocycles. The highest BCUT2D eigenvalue weighted by atomic mass is 32.2. The first-order valence-electron chi connectivity index (χ1n) is 9.27. The molecule has 6 nitrogen and oxygen atoms in total. The fourth-order valence-corrected chi connectivity index (χ4v) is 4.77. The predicted molar refractivity (Wildman–Crippen MR) is 106 cm³/mol. The van der Waals surface area contributed by atoms with E-state index in [0.29, 0.717) is 24.2 Å². The Morgan fingerprint density at radius 1 is 1.07 bits per heavy atom. The van der Waals surface area contributed by atoms with Crippen molar-refractivity contribution in [3.63, 3.8) is 0 Å². The summed E-state index contributed by atoms with van der Waals surface area (Å²) in [6.45, 7) is 2.28. The van der Waals surface area contributed by atoms with Crippen molar-refractivity contribution in [3.8, 4) is 0 Å². The fourth-order valence-electron chi connectivity index (χ4n) is 3.14. The maximum atomic E-state index is 13.9. The van der Waals surface area contributed by atoms with Crippen LogP contribution >= 0.6 is 0 Å². The number of anilines is 1. The largest absolute Gasteiger partial charge is 0.325 e. The number of nitrogens with one attached hydrogen (secondary N) is 1. The number of amides is 1. The highest BCUT2D eigenvalue weighted by Crippen LogP contribution is 2.20. The van der Waals surface area contributed by atoms with Gasteiger partial charge in [0.15, 0.2) is 0 Å². The van der Waals surface area contributed by atoms with Crippen molar-refractivity contribution in [2.75, 3.05) is 25.0 Å². The number of hydrogen-bond donors (Lipinski definition) is 1. The van der Waals surface area contributed by atoms with Gasteiger partial charge in [0.1, 0.15) is 5.82 Å². The molecule has 1 saturated heterocycles. The number of carbonyl (C=O) groups excluding carboxylic acids is 1. The minimum atomic E-state index is -3.84. The molecule has 0 radical (unpaired) electrons. The number of nitrogens with zero attached hydrogens (tertiary/aromatic N) is 2. The molecule has 0 bridgehead atoms. The second-order valence-electron chi connectivity index (χ2n) is 6.72. The molecule has 1 amide bonds. The van der Waals surface area contributed by atoms with E-state index in [-0.39, 0.29) is 19.6 Å². The van der Waals surface area contributed by atoms with Gasteiger partial charge >= 0.3 is 0 Å². The lowest BCUT2D eigenvalue weighted by Crippen LogP contribution is -2.51. The maximum Gasteiger partial charge on any atom is 0.282 e. The number of hydrogen-bond acceptors (Lipinski definition) is 3. The Labute approximate surface area is 165 Å². The van der Waals surface area contributed by atoms with Crippen molar-refractivity contribution in [1.29, 1.82) is 0 Å². The molecule has 1 aliphatic rings.